The lowest BCUT2D eigenvalue weighted by Gasteiger charge is -2.17. The van der Waals surface area contributed by atoms with Crippen molar-refractivity contribution in [3.8, 4) is 11.5 Å². The minimum atomic E-state index is -1.12. The monoisotopic (exact) mass is 594 g/mol. The van der Waals surface area contributed by atoms with Crippen LogP contribution in [0.2, 0.25) is 0 Å². The molecule has 0 bridgehead atoms. The van der Waals surface area contributed by atoms with Gasteiger partial charge >= 0.3 is 0 Å². The average molecular weight is 595 g/mol. The van der Waals surface area contributed by atoms with Gasteiger partial charge in [-0.3, -0.25) is 19.2 Å². The summed E-state index contributed by atoms with van der Waals surface area (Å²) in [5.41, 5.74) is 10.9. The van der Waals surface area contributed by atoms with Crippen molar-refractivity contribution in [3.05, 3.63) is 23.8 Å². The van der Waals surface area contributed by atoms with Crippen LogP contribution in [0.3, 0.4) is 0 Å². The Balaban J connectivity index is 2.06. The summed E-state index contributed by atoms with van der Waals surface area (Å²) in [6.45, 7) is 6.55. The predicted molar refractivity (Wildman–Crippen MR) is 161 cm³/mol. The molecular formula is C28H50N8O6. The lowest BCUT2D eigenvalue weighted by Crippen LogP contribution is -2.49. The fourth-order valence-corrected chi connectivity index (χ4v) is 3.91. The first-order valence-electron chi connectivity index (χ1n) is 14.7. The van der Waals surface area contributed by atoms with Crippen LogP contribution in [0.25, 0.3) is 0 Å². The third-order valence-electron chi connectivity index (χ3n) is 6.20. The number of primary amides is 1. The van der Waals surface area contributed by atoms with Crippen molar-refractivity contribution in [3.63, 3.8) is 0 Å². The Morgan fingerprint density at radius 3 is 2.00 bits per heavy atom. The number of nitrogens with two attached hydrogens (primary N) is 2. The third-order valence-corrected chi connectivity index (χ3v) is 6.20. The minimum Gasteiger partial charge on any atom is -0.508 e. The quantitative estimate of drug-likeness (QED) is 0.0576. The molecule has 0 unspecified atom stereocenters. The summed E-state index contributed by atoms with van der Waals surface area (Å²) in [6, 6.07) is 2.72. The molecule has 238 valence electrons. The van der Waals surface area contributed by atoms with E-state index in [0.717, 1.165) is 64.5 Å². The SMILES string of the molecule is NCCCNCCC(=O)NCCCNCCCNCCCCNC(=O)[C@H](CC(N)=O)NC(=O)Cc1ccc(O)cc1O. The molecule has 0 heterocycles. The van der Waals surface area contributed by atoms with E-state index >= 15 is 0 Å². The molecule has 0 aliphatic heterocycles. The van der Waals surface area contributed by atoms with Gasteiger partial charge in [0, 0.05) is 37.7 Å². The van der Waals surface area contributed by atoms with Crippen LogP contribution in [0, 0.1) is 0 Å². The Morgan fingerprint density at radius 1 is 0.738 bits per heavy atom. The highest BCUT2D eigenvalue weighted by molar-refractivity contribution is 5.92. The summed E-state index contributed by atoms with van der Waals surface area (Å²) in [4.78, 5) is 48.0. The zero-order chi connectivity index (χ0) is 31.0. The van der Waals surface area contributed by atoms with E-state index in [4.69, 9.17) is 11.5 Å². The second-order valence-corrected chi connectivity index (χ2v) is 9.98. The highest BCUT2D eigenvalue weighted by atomic mass is 16.3. The smallest absolute Gasteiger partial charge is 0.243 e. The number of nitrogens with one attached hydrogen (secondary N) is 6. The molecule has 0 spiro atoms. The van der Waals surface area contributed by atoms with E-state index in [1.54, 1.807) is 0 Å². The summed E-state index contributed by atoms with van der Waals surface area (Å²) in [7, 11) is 0. The van der Waals surface area contributed by atoms with Gasteiger partial charge < -0.3 is 53.6 Å². The van der Waals surface area contributed by atoms with Crippen LogP contribution in [-0.2, 0) is 25.6 Å². The first kappa shape index (κ1) is 36.6. The van der Waals surface area contributed by atoms with Gasteiger partial charge in [-0.2, -0.15) is 0 Å². The number of amides is 4. The average Bonchev–Trinajstić information content (AvgIpc) is 2.94. The number of phenolic OH excluding ortho intramolecular Hbond substituents is 2. The number of carbonyl (C=O) groups is 4. The fourth-order valence-electron chi connectivity index (χ4n) is 3.91. The number of aromatic hydroxyl groups is 2. The van der Waals surface area contributed by atoms with Gasteiger partial charge in [-0.1, -0.05) is 6.07 Å². The Kier molecular flexibility index (Phi) is 20.1. The van der Waals surface area contributed by atoms with E-state index < -0.39 is 23.8 Å². The lowest BCUT2D eigenvalue weighted by molar-refractivity contribution is -0.131. The molecule has 14 heteroatoms. The largest absolute Gasteiger partial charge is 0.508 e. The molecule has 1 aromatic rings. The summed E-state index contributed by atoms with van der Waals surface area (Å²) in [5, 5.41) is 37.2. The molecular weight excluding hydrogens is 544 g/mol. The zero-order valence-electron chi connectivity index (χ0n) is 24.5. The highest BCUT2D eigenvalue weighted by Crippen LogP contribution is 2.22. The molecule has 0 saturated carbocycles. The van der Waals surface area contributed by atoms with Gasteiger partial charge in [-0.05, 0) is 77.4 Å². The molecule has 1 atom stereocenters. The molecule has 1 rings (SSSR count). The lowest BCUT2D eigenvalue weighted by atomic mass is 10.1. The number of carbonyl (C=O) groups excluding carboxylic acids is 4. The third kappa shape index (κ3) is 18.8. The van der Waals surface area contributed by atoms with E-state index in [9.17, 15) is 29.4 Å². The minimum absolute atomic E-state index is 0.0557. The Hall–Kier alpha value is -3.46. The van der Waals surface area contributed by atoms with Crippen molar-refractivity contribution in [2.75, 3.05) is 58.9 Å². The number of hydrogen-bond donors (Lipinski definition) is 10. The van der Waals surface area contributed by atoms with Crippen molar-refractivity contribution in [2.45, 2.75) is 57.4 Å². The van der Waals surface area contributed by atoms with Gasteiger partial charge in [-0.15, -0.1) is 0 Å². The zero-order valence-corrected chi connectivity index (χ0v) is 24.5. The summed E-state index contributed by atoms with van der Waals surface area (Å²) in [6.07, 6.45) is 4.19. The summed E-state index contributed by atoms with van der Waals surface area (Å²) < 4.78 is 0. The first-order valence-corrected chi connectivity index (χ1v) is 14.7. The maximum absolute atomic E-state index is 12.5. The molecule has 0 saturated heterocycles. The van der Waals surface area contributed by atoms with Gasteiger partial charge in [0.1, 0.15) is 17.5 Å². The second-order valence-electron chi connectivity index (χ2n) is 9.98. The topological polar surface area (TPSA) is 233 Å². The Labute approximate surface area is 248 Å². The normalized spacial score (nSPS) is 11.5. The highest BCUT2D eigenvalue weighted by Gasteiger charge is 2.23. The van der Waals surface area contributed by atoms with Gasteiger partial charge in [0.25, 0.3) is 0 Å². The number of hydrogen-bond acceptors (Lipinski definition) is 10. The van der Waals surface area contributed by atoms with Crippen LogP contribution in [0.1, 0.15) is 50.5 Å². The van der Waals surface area contributed by atoms with Crippen molar-refractivity contribution in [1.29, 1.82) is 0 Å². The number of rotatable bonds is 25. The molecule has 14 nitrogen and oxygen atoms in total. The van der Waals surface area contributed by atoms with E-state index in [1.807, 2.05) is 0 Å². The fraction of sp³-hybridized carbons (Fsp3) is 0.643. The standard InChI is InChI=1S/C28H50N8O6/c29-9-3-11-33-17-8-26(40)34-16-5-14-32-13-4-12-31-10-1-2-15-35-28(42)23(20-25(30)39)36-27(41)18-21-6-7-22(37)19-24(21)38/h6-7,19,23,31-33,37-38H,1-5,8-18,20,29H2,(H2,30,39)(H,34,40)(H,35,42)(H,36,41)/t23-/m0/s1. The van der Waals surface area contributed by atoms with Gasteiger partial charge in [-0.25, -0.2) is 0 Å². The Morgan fingerprint density at radius 2 is 1.33 bits per heavy atom. The van der Waals surface area contributed by atoms with Crippen LogP contribution in [-0.4, -0.2) is 98.8 Å². The van der Waals surface area contributed by atoms with Crippen molar-refractivity contribution in [1.82, 2.24) is 31.9 Å². The summed E-state index contributed by atoms with van der Waals surface area (Å²) >= 11 is 0. The van der Waals surface area contributed by atoms with Crippen molar-refractivity contribution >= 4 is 23.6 Å². The van der Waals surface area contributed by atoms with Crippen LogP contribution in [0.4, 0.5) is 0 Å². The maximum Gasteiger partial charge on any atom is 0.243 e. The molecule has 1 aromatic carbocycles. The summed E-state index contributed by atoms with van der Waals surface area (Å²) in [5.74, 6) is -2.14. The van der Waals surface area contributed by atoms with Crippen molar-refractivity contribution in [2.24, 2.45) is 11.5 Å². The molecule has 0 aliphatic carbocycles. The van der Waals surface area contributed by atoms with E-state index in [2.05, 4.69) is 31.9 Å². The predicted octanol–water partition coefficient (Wildman–Crippen LogP) is -1.70. The molecule has 12 N–H and O–H groups in total. The molecule has 0 aromatic heterocycles. The van der Waals surface area contributed by atoms with Crippen molar-refractivity contribution < 1.29 is 29.4 Å². The van der Waals surface area contributed by atoms with Gasteiger partial charge in [0.15, 0.2) is 0 Å². The van der Waals surface area contributed by atoms with Gasteiger partial charge in [0.2, 0.25) is 23.6 Å². The number of benzene rings is 1. The number of phenols is 2. The van der Waals surface area contributed by atoms with Crippen LogP contribution >= 0.6 is 0 Å². The molecule has 42 heavy (non-hydrogen) atoms. The second kappa shape index (κ2) is 23.1. The van der Waals surface area contributed by atoms with Crippen LogP contribution in [0.5, 0.6) is 11.5 Å². The molecule has 0 fully saturated rings. The van der Waals surface area contributed by atoms with E-state index in [1.165, 1.54) is 12.1 Å². The van der Waals surface area contributed by atoms with E-state index in [0.29, 0.717) is 39.0 Å². The molecule has 0 radical (unpaired) electrons. The molecule has 4 amide bonds. The molecule has 0 aliphatic rings. The first-order chi connectivity index (χ1) is 20.2. The van der Waals surface area contributed by atoms with Gasteiger partial charge in [0.05, 0.1) is 12.8 Å². The van der Waals surface area contributed by atoms with Crippen LogP contribution in [0.15, 0.2) is 18.2 Å². The van der Waals surface area contributed by atoms with Crippen LogP contribution < -0.4 is 43.4 Å². The van der Waals surface area contributed by atoms with E-state index in [-0.39, 0.29) is 35.8 Å². The maximum atomic E-state index is 12.5. The Bertz CT molecular complexity index is 949. The number of unbranched alkanes of at least 4 members (excludes halogenated alkanes) is 1.